The summed E-state index contributed by atoms with van der Waals surface area (Å²) in [6, 6.07) is 16.7. The lowest BCUT2D eigenvalue weighted by atomic mass is 9.90. The van der Waals surface area contributed by atoms with Crippen molar-refractivity contribution in [3.8, 4) is 0 Å². The van der Waals surface area contributed by atoms with Crippen LogP contribution in [0.2, 0.25) is 0 Å². The van der Waals surface area contributed by atoms with Crippen molar-refractivity contribution in [2.45, 2.75) is 19.3 Å². The summed E-state index contributed by atoms with van der Waals surface area (Å²) >= 11 is 0. The summed E-state index contributed by atoms with van der Waals surface area (Å²) in [5.41, 5.74) is 1.39. The van der Waals surface area contributed by atoms with Gasteiger partial charge in [-0.05, 0) is 42.9 Å². The molecule has 1 aromatic carbocycles. The number of aromatic nitrogens is 1. The zero-order chi connectivity index (χ0) is 22.2. The second-order valence-electron chi connectivity index (χ2n) is 8.58. The van der Waals surface area contributed by atoms with Crippen LogP contribution in [0, 0.1) is 5.92 Å². The van der Waals surface area contributed by atoms with E-state index in [-0.39, 0.29) is 5.91 Å². The fourth-order valence-corrected chi connectivity index (χ4v) is 4.62. The van der Waals surface area contributed by atoms with E-state index >= 15 is 0 Å². The van der Waals surface area contributed by atoms with E-state index in [1.54, 1.807) is 7.05 Å². The summed E-state index contributed by atoms with van der Waals surface area (Å²) < 4.78 is 0. The molecule has 170 valence electrons. The Morgan fingerprint density at radius 2 is 1.69 bits per heavy atom. The highest BCUT2D eigenvalue weighted by Gasteiger charge is 2.24. The predicted octanol–water partition coefficient (Wildman–Crippen LogP) is 2.26. The molecule has 0 radical (unpaired) electrons. The number of likely N-dealkylation sites (tertiary alicyclic amines) is 1. The van der Waals surface area contributed by atoms with Crippen molar-refractivity contribution in [3.63, 3.8) is 0 Å². The summed E-state index contributed by atoms with van der Waals surface area (Å²) in [6.07, 6.45) is 5.09. The Hall–Kier alpha value is -3.09. The van der Waals surface area contributed by atoms with Crippen molar-refractivity contribution in [1.29, 1.82) is 0 Å². The molecular weight excluding hydrogens is 400 g/mol. The highest BCUT2D eigenvalue weighted by Crippen LogP contribution is 2.21. The third-order valence-corrected chi connectivity index (χ3v) is 6.50. The second kappa shape index (κ2) is 11.0. The first-order chi connectivity index (χ1) is 15.7. The first kappa shape index (κ1) is 22.1. The van der Waals surface area contributed by atoms with Gasteiger partial charge in [-0.15, -0.1) is 0 Å². The van der Waals surface area contributed by atoms with Crippen LogP contribution < -0.4 is 10.2 Å². The number of rotatable bonds is 5. The summed E-state index contributed by atoms with van der Waals surface area (Å²) in [6.45, 7) is 5.49. The molecule has 32 heavy (non-hydrogen) atoms. The minimum atomic E-state index is 0.163. The molecule has 1 amide bonds. The SMILES string of the molecule is CN=C(NCC(=O)N1CCC(Cc2ccccc2)CC1)N1CCN(c2ccccn2)CC1. The summed E-state index contributed by atoms with van der Waals surface area (Å²) in [5.74, 6) is 2.65. The number of nitrogens with zero attached hydrogens (tertiary/aromatic N) is 5. The standard InChI is InChI=1S/C25H34N6O/c1-26-25(31-17-15-29(16-18-31)23-9-5-6-12-27-23)28-20-24(32)30-13-10-22(11-14-30)19-21-7-3-2-4-8-21/h2-9,12,22H,10-11,13-20H2,1H3,(H,26,28). The number of amides is 1. The molecule has 2 saturated heterocycles. The van der Waals surface area contributed by atoms with Gasteiger partial charge in [-0.25, -0.2) is 4.98 Å². The molecule has 1 N–H and O–H groups in total. The van der Waals surface area contributed by atoms with Crippen LogP contribution in [0.5, 0.6) is 0 Å². The zero-order valence-electron chi connectivity index (χ0n) is 19.0. The van der Waals surface area contributed by atoms with Crippen molar-refractivity contribution in [1.82, 2.24) is 20.1 Å². The molecule has 3 heterocycles. The largest absolute Gasteiger partial charge is 0.353 e. The maximum absolute atomic E-state index is 12.8. The number of guanidine groups is 1. The zero-order valence-corrected chi connectivity index (χ0v) is 19.0. The molecule has 4 rings (SSSR count). The van der Waals surface area contributed by atoms with Gasteiger partial charge in [0.2, 0.25) is 5.91 Å². The maximum Gasteiger partial charge on any atom is 0.241 e. The van der Waals surface area contributed by atoms with Crippen LogP contribution >= 0.6 is 0 Å². The molecule has 0 saturated carbocycles. The number of piperazine rings is 1. The van der Waals surface area contributed by atoms with Crippen LogP contribution in [0.25, 0.3) is 0 Å². The number of carbonyl (C=O) groups is 1. The van der Waals surface area contributed by atoms with Crippen molar-refractivity contribution in [2.24, 2.45) is 10.9 Å². The topological polar surface area (TPSA) is 64.1 Å². The number of hydrogen-bond donors (Lipinski definition) is 1. The van der Waals surface area contributed by atoms with E-state index in [0.717, 1.165) is 70.3 Å². The smallest absolute Gasteiger partial charge is 0.241 e. The number of benzene rings is 1. The molecule has 2 fully saturated rings. The van der Waals surface area contributed by atoms with E-state index in [4.69, 9.17) is 0 Å². The molecule has 0 bridgehead atoms. The Morgan fingerprint density at radius 3 is 2.34 bits per heavy atom. The second-order valence-corrected chi connectivity index (χ2v) is 8.58. The van der Waals surface area contributed by atoms with E-state index in [1.807, 2.05) is 29.3 Å². The average Bonchev–Trinajstić information content (AvgIpc) is 2.86. The highest BCUT2D eigenvalue weighted by molar-refractivity contribution is 5.86. The van der Waals surface area contributed by atoms with Crippen molar-refractivity contribution in [3.05, 3.63) is 60.3 Å². The third-order valence-electron chi connectivity index (χ3n) is 6.50. The molecule has 7 heteroatoms. The van der Waals surface area contributed by atoms with Gasteiger partial charge in [0.05, 0.1) is 6.54 Å². The van der Waals surface area contributed by atoms with Crippen molar-refractivity contribution >= 4 is 17.7 Å². The van der Waals surface area contributed by atoms with Gasteiger partial charge in [-0.1, -0.05) is 36.4 Å². The Kier molecular flexibility index (Phi) is 7.59. The first-order valence-corrected chi connectivity index (χ1v) is 11.7. The van der Waals surface area contributed by atoms with Crippen LogP contribution in [0.1, 0.15) is 18.4 Å². The number of pyridine rings is 1. The number of nitrogens with one attached hydrogen (secondary N) is 1. The molecule has 0 spiro atoms. The number of carbonyl (C=O) groups excluding carboxylic acids is 1. The van der Waals surface area contributed by atoms with E-state index in [1.165, 1.54) is 5.56 Å². The molecule has 2 aliphatic rings. The minimum Gasteiger partial charge on any atom is -0.353 e. The van der Waals surface area contributed by atoms with Gasteiger partial charge in [-0.3, -0.25) is 9.79 Å². The Balaban J connectivity index is 1.19. The number of anilines is 1. The van der Waals surface area contributed by atoms with Gasteiger partial charge < -0.3 is 20.0 Å². The van der Waals surface area contributed by atoms with Crippen LogP contribution in [0.15, 0.2) is 59.7 Å². The van der Waals surface area contributed by atoms with Gasteiger partial charge >= 0.3 is 0 Å². The lowest BCUT2D eigenvalue weighted by Crippen LogP contribution is -2.54. The van der Waals surface area contributed by atoms with Gasteiger partial charge in [0.15, 0.2) is 5.96 Å². The van der Waals surface area contributed by atoms with Crippen LogP contribution in [-0.2, 0) is 11.2 Å². The van der Waals surface area contributed by atoms with Gasteiger partial charge in [0, 0.05) is 52.5 Å². The van der Waals surface area contributed by atoms with E-state index < -0.39 is 0 Å². The van der Waals surface area contributed by atoms with Crippen molar-refractivity contribution < 1.29 is 4.79 Å². The Bertz CT molecular complexity index is 872. The minimum absolute atomic E-state index is 0.163. The quantitative estimate of drug-likeness (QED) is 0.578. The van der Waals surface area contributed by atoms with Gasteiger partial charge in [0.25, 0.3) is 0 Å². The lowest BCUT2D eigenvalue weighted by Gasteiger charge is -2.37. The van der Waals surface area contributed by atoms with Crippen LogP contribution in [0.4, 0.5) is 5.82 Å². The first-order valence-electron chi connectivity index (χ1n) is 11.7. The lowest BCUT2D eigenvalue weighted by molar-refractivity contribution is -0.131. The normalized spacial score (nSPS) is 18.0. The summed E-state index contributed by atoms with van der Waals surface area (Å²) in [5, 5.41) is 3.29. The van der Waals surface area contributed by atoms with Crippen LogP contribution in [0.3, 0.4) is 0 Å². The molecule has 0 unspecified atom stereocenters. The van der Waals surface area contributed by atoms with Gasteiger partial charge in [-0.2, -0.15) is 0 Å². The van der Waals surface area contributed by atoms with E-state index in [9.17, 15) is 4.79 Å². The number of piperidine rings is 1. The Labute approximate surface area is 191 Å². The molecule has 0 atom stereocenters. The number of aliphatic imine (C=N–C) groups is 1. The molecule has 7 nitrogen and oxygen atoms in total. The third kappa shape index (κ3) is 5.78. The Morgan fingerprint density at radius 1 is 0.969 bits per heavy atom. The van der Waals surface area contributed by atoms with E-state index in [0.29, 0.717) is 12.5 Å². The van der Waals surface area contributed by atoms with Gasteiger partial charge in [0.1, 0.15) is 5.82 Å². The summed E-state index contributed by atoms with van der Waals surface area (Å²) in [4.78, 5) is 28.1. The molecule has 1 aromatic heterocycles. The number of hydrogen-bond acceptors (Lipinski definition) is 4. The van der Waals surface area contributed by atoms with Crippen molar-refractivity contribution in [2.75, 3.05) is 57.8 Å². The molecular formula is C25H34N6O. The predicted molar refractivity (Wildman–Crippen MR) is 129 cm³/mol. The molecule has 2 aliphatic heterocycles. The van der Waals surface area contributed by atoms with Crippen LogP contribution in [-0.4, -0.2) is 79.5 Å². The van der Waals surface area contributed by atoms with E-state index in [2.05, 4.69) is 55.4 Å². The highest BCUT2D eigenvalue weighted by atomic mass is 16.2. The maximum atomic E-state index is 12.8. The molecule has 0 aliphatic carbocycles. The monoisotopic (exact) mass is 434 g/mol. The summed E-state index contributed by atoms with van der Waals surface area (Å²) in [7, 11) is 1.78. The fourth-order valence-electron chi connectivity index (χ4n) is 4.62. The molecule has 2 aromatic rings. The average molecular weight is 435 g/mol. The fraction of sp³-hybridized carbons (Fsp3) is 0.480.